The fraction of sp³-hybridized carbons (Fsp3) is 0.158. The number of ether oxygens (including phenoxy) is 1. The SMILES string of the molecule is O=C(O)CC1S/C(=N/N=C/c2ccccc2OCc2ccccc2)NC1=O. The molecule has 1 aliphatic heterocycles. The van der Waals surface area contributed by atoms with Crippen molar-refractivity contribution in [2.45, 2.75) is 18.3 Å². The van der Waals surface area contributed by atoms with Gasteiger partial charge in [-0.15, -0.1) is 5.10 Å². The van der Waals surface area contributed by atoms with Gasteiger partial charge in [-0.05, 0) is 17.7 Å². The van der Waals surface area contributed by atoms with Crippen molar-refractivity contribution >= 4 is 35.0 Å². The number of benzene rings is 2. The summed E-state index contributed by atoms with van der Waals surface area (Å²) in [4.78, 5) is 22.4. The van der Waals surface area contributed by atoms with Gasteiger partial charge in [0.05, 0.1) is 12.6 Å². The van der Waals surface area contributed by atoms with E-state index in [1.807, 2.05) is 54.6 Å². The van der Waals surface area contributed by atoms with Crippen molar-refractivity contribution in [3.05, 3.63) is 65.7 Å². The van der Waals surface area contributed by atoms with Crippen molar-refractivity contribution in [1.82, 2.24) is 5.32 Å². The minimum absolute atomic E-state index is 0.255. The normalized spacial score (nSPS) is 18.0. The molecule has 0 aliphatic carbocycles. The summed E-state index contributed by atoms with van der Waals surface area (Å²) >= 11 is 1.06. The monoisotopic (exact) mass is 383 g/mol. The third kappa shape index (κ3) is 5.42. The summed E-state index contributed by atoms with van der Waals surface area (Å²) in [5, 5.41) is 18.9. The standard InChI is InChI=1S/C19H17N3O4S/c23-17(24)10-16-18(25)21-19(27-16)22-20-11-14-8-4-5-9-15(14)26-12-13-6-2-1-3-7-13/h1-9,11,16H,10,12H2,(H,23,24)(H,21,22,25)/b20-11+. The fourth-order valence-electron chi connectivity index (χ4n) is 2.34. The van der Waals surface area contributed by atoms with Crippen LogP contribution in [-0.4, -0.2) is 33.6 Å². The number of hydrogen-bond acceptors (Lipinski definition) is 6. The molecule has 1 saturated heterocycles. The molecule has 0 spiro atoms. The second-order valence-electron chi connectivity index (χ2n) is 5.66. The van der Waals surface area contributed by atoms with E-state index in [1.165, 1.54) is 6.21 Å². The first-order chi connectivity index (χ1) is 13.1. The van der Waals surface area contributed by atoms with Crippen LogP contribution in [0.4, 0.5) is 0 Å². The van der Waals surface area contributed by atoms with Gasteiger partial charge < -0.3 is 15.2 Å². The number of carbonyl (C=O) groups is 2. The summed E-state index contributed by atoms with van der Waals surface area (Å²) in [6.45, 7) is 0.434. The molecule has 138 valence electrons. The van der Waals surface area contributed by atoms with Crippen LogP contribution < -0.4 is 10.1 Å². The lowest BCUT2D eigenvalue weighted by Crippen LogP contribution is -2.26. The number of para-hydroxylation sites is 1. The van der Waals surface area contributed by atoms with Crippen LogP contribution in [0.5, 0.6) is 5.75 Å². The van der Waals surface area contributed by atoms with E-state index < -0.39 is 11.2 Å². The number of carbonyl (C=O) groups excluding carboxylic acids is 1. The van der Waals surface area contributed by atoms with Crippen LogP contribution in [-0.2, 0) is 16.2 Å². The molecule has 27 heavy (non-hydrogen) atoms. The molecule has 0 bridgehead atoms. The van der Waals surface area contributed by atoms with Crippen molar-refractivity contribution in [3.63, 3.8) is 0 Å². The molecule has 2 N–H and O–H groups in total. The quantitative estimate of drug-likeness (QED) is 0.566. The van der Waals surface area contributed by atoms with Crippen LogP contribution in [0.15, 0.2) is 64.8 Å². The van der Waals surface area contributed by atoms with Gasteiger partial charge in [-0.25, -0.2) is 0 Å². The van der Waals surface area contributed by atoms with Crippen molar-refractivity contribution in [2.24, 2.45) is 10.2 Å². The molecule has 2 aromatic carbocycles. The molecule has 0 aromatic heterocycles. The molecule has 8 heteroatoms. The number of aliphatic carboxylic acids is 1. The zero-order chi connectivity index (χ0) is 19.1. The summed E-state index contributed by atoms with van der Waals surface area (Å²) in [7, 11) is 0. The first-order valence-corrected chi connectivity index (χ1v) is 9.06. The number of nitrogens with one attached hydrogen (secondary N) is 1. The lowest BCUT2D eigenvalue weighted by molar-refractivity contribution is -0.138. The van der Waals surface area contributed by atoms with Crippen LogP contribution in [0.1, 0.15) is 17.5 Å². The Morgan fingerprint density at radius 3 is 2.70 bits per heavy atom. The Morgan fingerprint density at radius 2 is 1.93 bits per heavy atom. The maximum Gasteiger partial charge on any atom is 0.305 e. The zero-order valence-corrected chi connectivity index (χ0v) is 15.1. The number of thioether (sulfide) groups is 1. The summed E-state index contributed by atoms with van der Waals surface area (Å²) in [5.74, 6) is -0.739. The first kappa shape index (κ1) is 18.7. The molecule has 0 radical (unpaired) electrons. The van der Waals surface area contributed by atoms with Gasteiger partial charge in [0.15, 0.2) is 5.17 Å². The number of amidine groups is 1. The lowest BCUT2D eigenvalue weighted by Gasteiger charge is -2.08. The molecule has 1 aliphatic rings. The van der Waals surface area contributed by atoms with Crippen molar-refractivity contribution < 1.29 is 19.4 Å². The first-order valence-electron chi connectivity index (χ1n) is 8.18. The van der Waals surface area contributed by atoms with Gasteiger partial charge in [0, 0.05) is 5.56 Å². The van der Waals surface area contributed by atoms with Crippen molar-refractivity contribution in [1.29, 1.82) is 0 Å². The molecule has 1 fully saturated rings. The third-order valence-corrected chi connectivity index (χ3v) is 4.71. The van der Waals surface area contributed by atoms with E-state index in [1.54, 1.807) is 0 Å². The number of hydrogen-bond donors (Lipinski definition) is 2. The Bertz CT molecular complexity index is 884. The molecular formula is C19H17N3O4S. The highest BCUT2D eigenvalue weighted by Crippen LogP contribution is 2.22. The van der Waals surface area contributed by atoms with E-state index in [0.29, 0.717) is 12.4 Å². The number of carboxylic acid groups (broad SMARTS) is 1. The number of nitrogens with zero attached hydrogens (tertiary/aromatic N) is 2. The predicted molar refractivity (Wildman–Crippen MR) is 104 cm³/mol. The molecule has 1 atom stereocenters. The number of carboxylic acids is 1. The van der Waals surface area contributed by atoms with Gasteiger partial charge in [-0.2, -0.15) is 5.10 Å². The van der Waals surface area contributed by atoms with Crippen LogP contribution >= 0.6 is 11.8 Å². The molecule has 1 amide bonds. The number of rotatable bonds is 7. The molecule has 2 aromatic rings. The minimum atomic E-state index is -1.03. The van der Waals surface area contributed by atoms with Crippen molar-refractivity contribution in [3.8, 4) is 5.75 Å². The molecular weight excluding hydrogens is 366 g/mol. The van der Waals surface area contributed by atoms with E-state index in [9.17, 15) is 9.59 Å². The highest BCUT2D eigenvalue weighted by molar-refractivity contribution is 8.15. The van der Waals surface area contributed by atoms with Gasteiger partial charge in [-0.3, -0.25) is 9.59 Å². The van der Waals surface area contributed by atoms with Gasteiger partial charge in [0.25, 0.3) is 0 Å². The highest BCUT2D eigenvalue weighted by Gasteiger charge is 2.32. The zero-order valence-electron chi connectivity index (χ0n) is 14.2. The molecule has 1 heterocycles. The van der Waals surface area contributed by atoms with E-state index in [2.05, 4.69) is 15.5 Å². The maximum atomic E-state index is 11.7. The van der Waals surface area contributed by atoms with Gasteiger partial charge in [-0.1, -0.05) is 54.2 Å². The molecule has 0 saturated carbocycles. The fourth-order valence-corrected chi connectivity index (χ4v) is 3.26. The Kier molecular flexibility index (Phi) is 6.22. The van der Waals surface area contributed by atoms with Crippen LogP contribution in [0.3, 0.4) is 0 Å². The summed E-state index contributed by atoms with van der Waals surface area (Å²) < 4.78 is 5.84. The number of amides is 1. The topological polar surface area (TPSA) is 100 Å². The summed E-state index contributed by atoms with van der Waals surface area (Å²) in [6, 6.07) is 17.2. The molecule has 3 rings (SSSR count). The second kappa shape index (κ2) is 9.00. The van der Waals surface area contributed by atoms with E-state index in [-0.39, 0.29) is 17.5 Å². The smallest absolute Gasteiger partial charge is 0.305 e. The molecule has 1 unspecified atom stereocenters. The van der Waals surface area contributed by atoms with E-state index in [0.717, 1.165) is 22.9 Å². The van der Waals surface area contributed by atoms with Crippen molar-refractivity contribution in [2.75, 3.05) is 0 Å². The predicted octanol–water partition coefficient (Wildman–Crippen LogP) is 2.66. The Labute approximate surface area is 160 Å². The largest absolute Gasteiger partial charge is 0.488 e. The second-order valence-corrected chi connectivity index (χ2v) is 6.85. The molecule has 7 nitrogen and oxygen atoms in total. The Morgan fingerprint density at radius 1 is 1.19 bits per heavy atom. The van der Waals surface area contributed by atoms with Gasteiger partial charge in [0.1, 0.15) is 17.6 Å². The van der Waals surface area contributed by atoms with E-state index >= 15 is 0 Å². The van der Waals surface area contributed by atoms with Crippen LogP contribution in [0.25, 0.3) is 0 Å². The summed E-state index contributed by atoms with van der Waals surface area (Å²) in [5.41, 5.74) is 1.80. The lowest BCUT2D eigenvalue weighted by atomic mass is 10.2. The summed E-state index contributed by atoms with van der Waals surface area (Å²) in [6.07, 6.45) is 1.28. The average Bonchev–Trinajstić information content (AvgIpc) is 3.00. The maximum absolute atomic E-state index is 11.7. The van der Waals surface area contributed by atoms with Crippen LogP contribution in [0.2, 0.25) is 0 Å². The highest BCUT2D eigenvalue weighted by atomic mass is 32.2. The Balaban J connectivity index is 1.64. The van der Waals surface area contributed by atoms with Gasteiger partial charge >= 0.3 is 5.97 Å². The third-order valence-electron chi connectivity index (χ3n) is 3.64. The Hall–Kier alpha value is -3.13. The van der Waals surface area contributed by atoms with E-state index in [4.69, 9.17) is 9.84 Å². The van der Waals surface area contributed by atoms with Crippen LogP contribution in [0, 0.1) is 0 Å². The minimum Gasteiger partial charge on any atom is -0.488 e. The van der Waals surface area contributed by atoms with Gasteiger partial charge in [0.2, 0.25) is 5.91 Å². The average molecular weight is 383 g/mol.